The summed E-state index contributed by atoms with van der Waals surface area (Å²) in [5.41, 5.74) is 3.59. The van der Waals surface area contributed by atoms with Crippen molar-refractivity contribution in [3.63, 3.8) is 0 Å². The number of carbonyl (C=O) groups is 1. The van der Waals surface area contributed by atoms with E-state index in [4.69, 9.17) is 4.74 Å². The number of benzene rings is 1. The second-order valence-corrected chi connectivity index (χ2v) is 4.94. The van der Waals surface area contributed by atoms with Gasteiger partial charge in [-0.2, -0.15) is 0 Å². The molecule has 5 heteroatoms. The summed E-state index contributed by atoms with van der Waals surface area (Å²) in [5.74, 6) is 0.791. The number of aromatic nitrogens is 1. The number of ether oxygens (including phenoxy) is 1. The molecule has 1 atom stereocenters. The van der Waals surface area contributed by atoms with Crippen molar-refractivity contribution in [2.45, 2.75) is 19.4 Å². The van der Waals surface area contributed by atoms with Crippen molar-refractivity contribution in [1.82, 2.24) is 10.3 Å². The number of nitrogens with zero attached hydrogens (tertiary/aromatic N) is 1. The van der Waals surface area contributed by atoms with Crippen LogP contribution in [0.25, 0.3) is 0 Å². The first-order valence-electron chi connectivity index (χ1n) is 5.99. The van der Waals surface area contributed by atoms with Gasteiger partial charge in [0.15, 0.2) is 0 Å². The normalized spacial score (nSPS) is 11.9. The maximum atomic E-state index is 11.8. The number of hydrogen-bond acceptors (Lipinski definition) is 4. The summed E-state index contributed by atoms with van der Waals surface area (Å²) >= 11 is 1.50. The molecule has 0 aliphatic carbocycles. The van der Waals surface area contributed by atoms with Crippen LogP contribution in [0.5, 0.6) is 5.75 Å². The molecule has 1 unspecified atom stereocenters. The quantitative estimate of drug-likeness (QED) is 0.913. The highest BCUT2D eigenvalue weighted by atomic mass is 32.1. The summed E-state index contributed by atoms with van der Waals surface area (Å²) < 4.78 is 5.11. The molecule has 19 heavy (non-hydrogen) atoms. The Morgan fingerprint density at radius 2 is 2.16 bits per heavy atom. The second kappa shape index (κ2) is 6.33. The molecule has 100 valence electrons. The Balaban J connectivity index is 1.92. The van der Waals surface area contributed by atoms with Gasteiger partial charge in [0, 0.05) is 5.38 Å². The number of thiazole rings is 1. The zero-order valence-corrected chi connectivity index (χ0v) is 11.7. The highest BCUT2D eigenvalue weighted by molar-refractivity contribution is 7.07. The van der Waals surface area contributed by atoms with Gasteiger partial charge in [0.05, 0.1) is 30.8 Å². The van der Waals surface area contributed by atoms with Crippen LogP contribution in [0.2, 0.25) is 0 Å². The van der Waals surface area contributed by atoms with Crippen molar-refractivity contribution in [3.8, 4) is 5.75 Å². The molecule has 1 heterocycles. The van der Waals surface area contributed by atoms with Crippen LogP contribution in [0.1, 0.15) is 24.2 Å². The minimum atomic E-state index is -0.0305. The minimum absolute atomic E-state index is 0.0192. The van der Waals surface area contributed by atoms with E-state index < -0.39 is 0 Å². The van der Waals surface area contributed by atoms with E-state index in [9.17, 15) is 4.79 Å². The fourth-order valence-corrected chi connectivity index (χ4v) is 2.32. The molecule has 0 aliphatic rings. The van der Waals surface area contributed by atoms with Crippen LogP contribution in [-0.2, 0) is 11.2 Å². The molecular formula is C14H16N2O2S. The fourth-order valence-electron chi connectivity index (χ4n) is 1.76. The second-order valence-electron chi connectivity index (χ2n) is 4.22. The van der Waals surface area contributed by atoms with Crippen LogP contribution >= 0.6 is 11.3 Å². The number of amides is 1. The standard InChI is InChI=1S/C14H16N2O2S/c1-10(11-3-5-13(18-2)6-4-11)16-14(17)7-12-8-19-9-15-12/h3-6,8-10H,7H2,1-2H3,(H,16,17). The Bertz CT molecular complexity index is 523. The molecule has 0 saturated heterocycles. The third kappa shape index (κ3) is 3.79. The number of carbonyl (C=O) groups excluding carboxylic acids is 1. The Morgan fingerprint density at radius 1 is 1.42 bits per heavy atom. The van der Waals surface area contributed by atoms with Gasteiger partial charge in [-0.3, -0.25) is 4.79 Å². The van der Waals surface area contributed by atoms with Crippen molar-refractivity contribution in [1.29, 1.82) is 0 Å². The molecule has 0 saturated carbocycles. The zero-order chi connectivity index (χ0) is 13.7. The van der Waals surface area contributed by atoms with Crippen molar-refractivity contribution >= 4 is 17.2 Å². The van der Waals surface area contributed by atoms with E-state index in [1.165, 1.54) is 11.3 Å². The van der Waals surface area contributed by atoms with Crippen LogP contribution < -0.4 is 10.1 Å². The van der Waals surface area contributed by atoms with Crippen LogP contribution in [0.3, 0.4) is 0 Å². The number of hydrogen-bond donors (Lipinski definition) is 1. The summed E-state index contributed by atoms with van der Waals surface area (Å²) in [6, 6.07) is 7.65. The molecule has 4 nitrogen and oxygen atoms in total. The highest BCUT2D eigenvalue weighted by Crippen LogP contribution is 2.17. The lowest BCUT2D eigenvalue weighted by atomic mass is 10.1. The van der Waals surface area contributed by atoms with Gasteiger partial charge in [-0.05, 0) is 24.6 Å². The summed E-state index contributed by atoms with van der Waals surface area (Å²) in [5, 5.41) is 4.84. The van der Waals surface area contributed by atoms with E-state index in [-0.39, 0.29) is 11.9 Å². The van der Waals surface area contributed by atoms with E-state index in [0.29, 0.717) is 6.42 Å². The van der Waals surface area contributed by atoms with Gasteiger partial charge in [0.25, 0.3) is 0 Å². The van der Waals surface area contributed by atoms with Crippen molar-refractivity contribution in [3.05, 3.63) is 46.4 Å². The molecule has 2 aromatic rings. The van der Waals surface area contributed by atoms with Crippen molar-refractivity contribution < 1.29 is 9.53 Å². The van der Waals surface area contributed by atoms with Gasteiger partial charge in [-0.15, -0.1) is 11.3 Å². The molecule has 0 radical (unpaired) electrons. The lowest BCUT2D eigenvalue weighted by Crippen LogP contribution is -2.28. The van der Waals surface area contributed by atoms with Gasteiger partial charge in [0.1, 0.15) is 5.75 Å². The van der Waals surface area contributed by atoms with E-state index in [1.54, 1.807) is 12.6 Å². The summed E-state index contributed by atoms with van der Waals surface area (Å²) in [7, 11) is 1.63. The van der Waals surface area contributed by atoms with E-state index in [2.05, 4.69) is 10.3 Å². The molecule has 0 fully saturated rings. The van der Waals surface area contributed by atoms with Crippen molar-refractivity contribution in [2.24, 2.45) is 0 Å². The maximum absolute atomic E-state index is 11.8. The van der Waals surface area contributed by atoms with E-state index >= 15 is 0 Å². The monoisotopic (exact) mass is 276 g/mol. The van der Waals surface area contributed by atoms with Crippen LogP contribution in [0.15, 0.2) is 35.2 Å². The fraction of sp³-hybridized carbons (Fsp3) is 0.286. The third-order valence-corrected chi connectivity index (χ3v) is 3.45. The molecule has 0 bridgehead atoms. The van der Waals surface area contributed by atoms with Gasteiger partial charge >= 0.3 is 0 Å². The molecule has 1 amide bonds. The number of nitrogens with one attached hydrogen (secondary N) is 1. The first-order valence-corrected chi connectivity index (χ1v) is 6.93. The SMILES string of the molecule is COc1ccc(C(C)NC(=O)Cc2cscn2)cc1. The summed E-state index contributed by atoms with van der Waals surface area (Å²) in [4.78, 5) is 15.9. The van der Waals surface area contributed by atoms with E-state index in [0.717, 1.165) is 17.0 Å². The third-order valence-electron chi connectivity index (χ3n) is 2.82. The number of methoxy groups -OCH3 is 1. The molecule has 1 N–H and O–H groups in total. The van der Waals surface area contributed by atoms with Crippen LogP contribution in [0, 0.1) is 0 Å². The Morgan fingerprint density at radius 3 is 2.74 bits per heavy atom. The first-order chi connectivity index (χ1) is 9.19. The van der Waals surface area contributed by atoms with Gasteiger partial charge < -0.3 is 10.1 Å². The lowest BCUT2D eigenvalue weighted by Gasteiger charge is -2.14. The average molecular weight is 276 g/mol. The van der Waals surface area contributed by atoms with Crippen LogP contribution in [0.4, 0.5) is 0 Å². The first kappa shape index (κ1) is 13.5. The topological polar surface area (TPSA) is 51.2 Å². The van der Waals surface area contributed by atoms with E-state index in [1.807, 2.05) is 36.6 Å². The van der Waals surface area contributed by atoms with Crippen molar-refractivity contribution in [2.75, 3.05) is 7.11 Å². The van der Waals surface area contributed by atoms with Gasteiger partial charge in [0.2, 0.25) is 5.91 Å². The molecule has 0 spiro atoms. The summed E-state index contributed by atoms with van der Waals surface area (Å²) in [6.45, 7) is 1.96. The molecule has 0 aliphatic heterocycles. The Kier molecular flexibility index (Phi) is 4.52. The highest BCUT2D eigenvalue weighted by Gasteiger charge is 2.11. The molecule has 2 rings (SSSR count). The molecular weight excluding hydrogens is 260 g/mol. The largest absolute Gasteiger partial charge is 0.497 e. The minimum Gasteiger partial charge on any atom is -0.497 e. The van der Waals surface area contributed by atoms with Crippen LogP contribution in [-0.4, -0.2) is 18.0 Å². The predicted octanol–water partition coefficient (Wildman–Crippen LogP) is 2.57. The zero-order valence-electron chi connectivity index (χ0n) is 10.9. The van der Waals surface area contributed by atoms with Gasteiger partial charge in [-0.25, -0.2) is 4.98 Å². The maximum Gasteiger partial charge on any atom is 0.226 e. The number of rotatable bonds is 5. The molecule has 1 aromatic carbocycles. The predicted molar refractivity (Wildman–Crippen MR) is 75.4 cm³/mol. The smallest absolute Gasteiger partial charge is 0.226 e. The average Bonchev–Trinajstić information content (AvgIpc) is 2.91. The van der Waals surface area contributed by atoms with Gasteiger partial charge in [-0.1, -0.05) is 12.1 Å². The molecule has 1 aromatic heterocycles. The Hall–Kier alpha value is -1.88. The summed E-state index contributed by atoms with van der Waals surface area (Å²) in [6.07, 6.45) is 0.323. The lowest BCUT2D eigenvalue weighted by molar-refractivity contribution is -0.121. The Labute approximate surface area is 116 Å².